The van der Waals surface area contributed by atoms with Gasteiger partial charge in [0.1, 0.15) is 0 Å². The summed E-state index contributed by atoms with van der Waals surface area (Å²) >= 11 is 0. The van der Waals surface area contributed by atoms with Crippen LogP contribution in [0.3, 0.4) is 0 Å². The molecule has 29 heavy (non-hydrogen) atoms. The van der Waals surface area contributed by atoms with Crippen molar-refractivity contribution in [3.8, 4) is 0 Å². The van der Waals surface area contributed by atoms with Crippen LogP contribution in [-0.4, -0.2) is 40.8 Å². The van der Waals surface area contributed by atoms with Crippen LogP contribution in [-0.2, 0) is 20.0 Å². The zero-order valence-electron chi connectivity index (χ0n) is 16.8. The molecule has 8 heteroatoms. The SMILES string of the molecule is CC(C)CNS(=O)(=O)c1ccc(S(=O)(=O)N2CCCC(c3ccccc3)C2)cc1. The van der Waals surface area contributed by atoms with E-state index in [0.29, 0.717) is 19.6 Å². The molecule has 0 amide bonds. The van der Waals surface area contributed by atoms with Crippen molar-refractivity contribution in [2.75, 3.05) is 19.6 Å². The van der Waals surface area contributed by atoms with Crippen LogP contribution in [0.1, 0.15) is 38.2 Å². The first-order valence-electron chi connectivity index (χ1n) is 9.85. The van der Waals surface area contributed by atoms with Crippen LogP contribution in [0.5, 0.6) is 0 Å². The van der Waals surface area contributed by atoms with E-state index in [2.05, 4.69) is 4.72 Å². The summed E-state index contributed by atoms with van der Waals surface area (Å²) < 4.78 is 54.9. The van der Waals surface area contributed by atoms with Gasteiger partial charge in [-0.05, 0) is 54.5 Å². The van der Waals surface area contributed by atoms with Gasteiger partial charge in [0, 0.05) is 19.6 Å². The van der Waals surface area contributed by atoms with E-state index in [9.17, 15) is 16.8 Å². The lowest BCUT2D eigenvalue weighted by molar-refractivity contribution is 0.315. The van der Waals surface area contributed by atoms with Gasteiger partial charge in [-0.15, -0.1) is 0 Å². The summed E-state index contributed by atoms with van der Waals surface area (Å²) in [7, 11) is -7.32. The Morgan fingerprint density at radius 1 is 0.966 bits per heavy atom. The maximum Gasteiger partial charge on any atom is 0.243 e. The number of hydrogen-bond donors (Lipinski definition) is 1. The molecule has 0 aromatic heterocycles. The van der Waals surface area contributed by atoms with Gasteiger partial charge < -0.3 is 0 Å². The van der Waals surface area contributed by atoms with Gasteiger partial charge in [0.15, 0.2) is 0 Å². The lowest BCUT2D eigenvalue weighted by Gasteiger charge is -2.32. The standard InChI is InChI=1S/C21H28N2O4S2/c1-17(2)15-22-28(24,25)20-10-12-21(13-11-20)29(26,27)23-14-6-9-19(16-23)18-7-4-3-5-8-18/h3-5,7-8,10-13,17,19,22H,6,9,14-16H2,1-2H3. The lowest BCUT2D eigenvalue weighted by atomic mass is 9.92. The van der Waals surface area contributed by atoms with E-state index in [4.69, 9.17) is 0 Å². The minimum Gasteiger partial charge on any atom is -0.211 e. The Labute approximate surface area is 174 Å². The van der Waals surface area contributed by atoms with Gasteiger partial charge in [-0.25, -0.2) is 21.6 Å². The number of piperidine rings is 1. The minimum atomic E-state index is -3.67. The van der Waals surface area contributed by atoms with Crippen molar-refractivity contribution in [3.63, 3.8) is 0 Å². The van der Waals surface area contributed by atoms with Crippen molar-refractivity contribution < 1.29 is 16.8 Å². The molecule has 1 saturated heterocycles. The largest absolute Gasteiger partial charge is 0.243 e. The molecule has 2 aromatic carbocycles. The van der Waals surface area contributed by atoms with E-state index < -0.39 is 20.0 Å². The molecule has 1 N–H and O–H groups in total. The van der Waals surface area contributed by atoms with E-state index in [1.165, 1.54) is 28.6 Å². The van der Waals surface area contributed by atoms with E-state index >= 15 is 0 Å². The molecule has 3 rings (SSSR count). The van der Waals surface area contributed by atoms with E-state index in [-0.39, 0.29) is 21.6 Å². The van der Waals surface area contributed by atoms with Gasteiger partial charge in [-0.2, -0.15) is 4.31 Å². The Hall–Kier alpha value is -1.74. The maximum absolute atomic E-state index is 13.1. The molecule has 6 nitrogen and oxygen atoms in total. The third kappa shape index (κ3) is 5.25. The van der Waals surface area contributed by atoms with Crippen LogP contribution in [0, 0.1) is 5.92 Å². The first-order chi connectivity index (χ1) is 13.7. The third-order valence-corrected chi connectivity index (χ3v) is 8.43. The molecule has 0 aliphatic carbocycles. The van der Waals surface area contributed by atoms with Crippen LogP contribution in [0.2, 0.25) is 0 Å². The number of benzene rings is 2. The molecule has 0 saturated carbocycles. The zero-order chi connectivity index (χ0) is 21.1. The number of nitrogens with one attached hydrogen (secondary N) is 1. The quantitative estimate of drug-likeness (QED) is 0.723. The molecule has 0 radical (unpaired) electrons. The molecule has 0 bridgehead atoms. The third-order valence-electron chi connectivity index (χ3n) is 5.11. The molecular weight excluding hydrogens is 408 g/mol. The summed E-state index contributed by atoms with van der Waals surface area (Å²) in [5.41, 5.74) is 1.14. The smallest absolute Gasteiger partial charge is 0.211 e. The molecule has 158 valence electrons. The molecule has 1 aliphatic heterocycles. The maximum atomic E-state index is 13.1. The van der Waals surface area contributed by atoms with Gasteiger partial charge in [-0.1, -0.05) is 44.2 Å². The molecule has 1 atom stereocenters. The number of hydrogen-bond acceptors (Lipinski definition) is 4. The molecule has 1 heterocycles. The van der Waals surface area contributed by atoms with Gasteiger partial charge >= 0.3 is 0 Å². The minimum absolute atomic E-state index is 0.0675. The first kappa shape index (κ1) is 22.0. The summed E-state index contributed by atoms with van der Waals surface area (Å²) in [5.74, 6) is 0.348. The Bertz CT molecular complexity index is 1020. The second-order valence-electron chi connectivity index (χ2n) is 7.83. The first-order valence-corrected chi connectivity index (χ1v) is 12.8. The average molecular weight is 437 g/mol. The Balaban J connectivity index is 1.77. The predicted molar refractivity (Wildman–Crippen MR) is 114 cm³/mol. The normalized spacial score (nSPS) is 18.8. The van der Waals surface area contributed by atoms with Crippen molar-refractivity contribution in [3.05, 3.63) is 60.2 Å². The van der Waals surface area contributed by atoms with Crippen LogP contribution >= 0.6 is 0 Å². The highest BCUT2D eigenvalue weighted by Gasteiger charge is 2.31. The van der Waals surface area contributed by atoms with Crippen molar-refractivity contribution >= 4 is 20.0 Å². The lowest BCUT2D eigenvalue weighted by Crippen LogP contribution is -2.39. The van der Waals surface area contributed by atoms with Crippen LogP contribution < -0.4 is 4.72 Å². The molecule has 1 unspecified atom stereocenters. The van der Waals surface area contributed by atoms with Gasteiger partial charge in [0.25, 0.3) is 0 Å². The Kier molecular flexibility index (Phi) is 6.78. The fourth-order valence-electron chi connectivity index (χ4n) is 3.46. The Morgan fingerprint density at radius 2 is 1.59 bits per heavy atom. The molecule has 2 aromatic rings. The second kappa shape index (κ2) is 8.95. The fourth-order valence-corrected chi connectivity index (χ4v) is 6.20. The summed E-state index contributed by atoms with van der Waals surface area (Å²) in [5, 5.41) is 0. The Morgan fingerprint density at radius 3 is 2.21 bits per heavy atom. The molecular formula is C21H28N2O4S2. The number of rotatable bonds is 7. The summed E-state index contributed by atoms with van der Waals surface area (Å²) in [6.45, 7) is 5.07. The monoisotopic (exact) mass is 436 g/mol. The van der Waals surface area contributed by atoms with Crippen molar-refractivity contribution in [1.29, 1.82) is 0 Å². The van der Waals surface area contributed by atoms with Crippen molar-refractivity contribution in [2.45, 2.75) is 42.4 Å². The summed E-state index contributed by atoms with van der Waals surface area (Å²) in [6, 6.07) is 15.4. The van der Waals surface area contributed by atoms with E-state index in [1.54, 1.807) is 0 Å². The van der Waals surface area contributed by atoms with E-state index in [0.717, 1.165) is 18.4 Å². The zero-order valence-corrected chi connectivity index (χ0v) is 18.4. The fraction of sp³-hybridized carbons (Fsp3) is 0.429. The predicted octanol–water partition coefficient (Wildman–Crippen LogP) is 3.19. The number of nitrogens with zero attached hydrogens (tertiary/aromatic N) is 1. The van der Waals surface area contributed by atoms with Crippen LogP contribution in [0.25, 0.3) is 0 Å². The van der Waals surface area contributed by atoms with Gasteiger partial charge in [0.05, 0.1) is 9.79 Å². The van der Waals surface area contributed by atoms with Gasteiger partial charge in [0.2, 0.25) is 20.0 Å². The molecule has 1 fully saturated rings. The average Bonchev–Trinajstić information content (AvgIpc) is 2.73. The number of sulfonamides is 2. The van der Waals surface area contributed by atoms with Crippen LogP contribution in [0.4, 0.5) is 0 Å². The summed E-state index contributed by atoms with van der Waals surface area (Å²) in [6.07, 6.45) is 1.75. The van der Waals surface area contributed by atoms with Crippen molar-refractivity contribution in [2.24, 2.45) is 5.92 Å². The highest BCUT2D eigenvalue weighted by atomic mass is 32.2. The molecule has 0 spiro atoms. The van der Waals surface area contributed by atoms with Crippen molar-refractivity contribution in [1.82, 2.24) is 9.03 Å². The van der Waals surface area contributed by atoms with Gasteiger partial charge in [-0.3, -0.25) is 0 Å². The van der Waals surface area contributed by atoms with Crippen LogP contribution in [0.15, 0.2) is 64.4 Å². The van der Waals surface area contributed by atoms with E-state index in [1.807, 2.05) is 44.2 Å². The highest BCUT2D eigenvalue weighted by molar-refractivity contribution is 7.89. The highest BCUT2D eigenvalue weighted by Crippen LogP contribution is 2.30. The second-order valence-corrected chi connectivity index (χ2v) is 11.5. The topological polar surface area (TPSA) is 83.5 Å². The summed E-state index contributed by atoms with van der Waals surface area (Å²) in [4.78, 5) is 0.187. The molecule has 1 aliphatic rings.